The molecular weight excluding hydrogens is 209 g/mol. The van der Waals surface area contributed by atoms with Crippen LogP contribution in [0.4, 0.5) is 0 Å². The lowest BCUT2D eigenvalue weighted by Gasteiger charge is -1.99. The van der Waals surface area contributed by atoms with Gasteiger partial charge in [0.1, 0.15) is 0 Å². The van der Waals surface area contributed by atoms with Crippen molar-refractivity contribution in [3.63, 3.8) is 0 Å². The molecule has 0 aliphatic heterocycles. The molecule has 0 unspecified atom stereocenters. The van der Waals surface area contributed by atoms with Gasteiger partial charge in [-0.2, -0.15) is 0 Å². The first kappa shape index (κ1) is 8.27. The van der Waals surface area contributed by atoms with Crippen molar-refractivity contribution in [3.8, 4) is 0 Å². The zero-order chi connectivity index (χ0) is 7.72. The summed E-state index contributed by atoms with van der Waals surface area (Å²) in [5.74, 6) is 0.601. The Kier molecular flexibility index (Phi) is 2.52. The monoisotopic (exact) mass is 217 g/mol. The van der Waals surface area contributed by atoms with Crippen LogP contribution in [-0.2, 0) is 0 Å². The summed E-state index contributed by atoms with van der Waals surface area (Å²) in [4.78, 5) is 5.65. The second kappa shape index (κ2) is 3.05. The number of halogens is 1. The molecule has 0 aliphatic carbocycles. The van der Waals surface area contributed by atoms with Crippen molar-refractivity contribution in [2.75, 3.05) is 0 Å². The summed E-state index contributed by atoms with van der Waals surface area (Å²) < 4.78 is 0.994. The largest absolute Gasteiger partial charge is 0.245 e. The number of hydrogen-bond acceptors (Lipinski definition) is 2. The average Bonchev–Trinajstić information content (AvgIpc) is 2.10. The maximum Gasteiger partial charge on any atom is 0.165 e. The summed E-state index contributed by atoms with van der Waals surface area (Å²) in [6, 6.07) is 0. The molecule has 0 fully saturated rings. The molecule has 0 spiro atoms. The van der Waals surface area contributed by atoms with Gasteiger partial charge >= 0.3 is 0 Å². The van der Waals surface area contributed by atoms with Crippen LogP contribution in [0.5, 0.6) is 0 Å². The second-order valence-corrected chi connectivity index (χ2v) is 4.88. The van der Waals surface area contributed by atoms with Crippen LogP contribution in [-0.4, -0.2) is 12.8 Å². The van der Waals surface area contributed by atoms with Crippen LogP contribution in [0.2, 0.25) is 0 Å². The highest BCUT2D eigenvalue weighted by atomic mass is 79.9. The van der Waals surface area contributed by atoms with Crippen LogP contribution in [0, 0.1) is 0 Å². The minimum absolute atomic E-state index is 0.601. The van der Waals surface area contributed by atoms with Crippen LogP contribution in [0.15, 0.2) is 3.92 Å². The van der Waals surface area contributed by atoms with Crippen LogP contribution < -0.4 is 5.59 Å². The maximum absolute atomic E-state index is 4.27. The van der Waals surface area contributed by atoms with Gasteiger partial charge in [-0.15, -0.1) is 11.3 Å². The van der Waals surface area contributed by atoms with E-state index in [-0.39, 0.29) is 0 Å². The third-order valence-corrected chi connectivity index (χ3v) is 3.24. The molecule has 0 N–H and O–H groups in total. The minimum Gasteiger partial charge on any atom is -0.245 e. The van der Waals surface area contributed by atoms with E-state index in [0.29, 0.717) is 5.92 Å². The van der Waals surface area contributed by atoms with Crippen molar-refractivity contribution in [3.05, 3.63) is 8.79 Å². The van der Waals surface area contributed by atoms with Crippen molar-refractivity contribution in [1.82, 2.24) is 4.98 Å². The zero-order valence-electron chi connectivity index (χ0n) is 6.31. The molecule has 1 heterocycles. The fourth-order valence-corrected chi connectivity index (χ4v) is 2.49. The zero-order valence-corrected chi connectivity index (χ0v) is 8.71. The van der Waals surface area contributed by atoms with Crippen LogP contribution in [0.3, 0.4) is 0 Å². The standard InChI is InChI=1S/C6H9BBrNS/c1-3(2)4-5(7)9-6(8)10-4/h3H,7H2,1-2H3. The summed E-state index contributed by atoms with van der Waals surface area (Å²) in [6.45, 7) is 4.37. The lowest BCUT2D eigenvalue weighted by Crippen LogP contribution is -2.09. The molecule has 0 saturated heterocycles. The van der Waals surface area contributed by atoms with Crippen LogP contribution in [0.25, 0.3) is 0 Å². The molecule has 0 amide bonds. The predicted molar refractivity (Wildman–Crippen MR) is 52.1 cm³/mol. The van der Waals surface area contributed by atoms with E-state index >= 15 is 0 Å². The SMILES string of the molecule is Bc1nc(Br)sc1C(C)C. The van der Waals surface area contributed by atoms with Crippen LogP contribution in [0.1, 0.15) is 24.6 Å². The number of nitrogens with zero attached hydrogens (tertiary/aromatic N) is 1. The Hall–Kier alpha value is 0.175. The second-order valence-electron chi connectivity index (χ2n) is 2.57. The molecular formula is C6H9BBrNS. The molecule has 1 aromatic heterocycles. The molecule has 54 valence electrons. The van der Waals surface area contributed by atoms with E-state index < -0.39 is 0 Å². The van der Waals surface area contributed by atoms with Gasteiger partial charge in [0, 0.05) is 10.5 Å². The Bertz CT molecular complexity index is 234. The van der Waals surface area contributed by atoms with Crippen LogP contribution >= 0.6 is 27.3 Å². The van der Waals surface area contributed by atoms with Crippen molar-refractivity contribution in [2.45, 2.75) is 19.8 Å². The lowest BCUT2D eigenvalue weighted by molar-refractivity contribution is 0.893. The Balaban J connectivity index is 3.03. The smallest absolute Gasteiger partial charge is 0.165 e. The van der Waals surface area contributed by atoms with Gasteiger partial charge in [0.2, 0.25) is 0 Å². The third kappa shape index (κ3) is 1.61. The summed E-state index contributed by atoms with van der Waals surface area (Å²) >= 11 is 5.09. The molecule has 0 aromatic carbocycles. The van der Waals surface area contributed by atoms with Gasteiger partial charge in [-0.3, -0.25) is 0 Å². The van der Waals surface area contributed by atoms with E-state index in [0.717, 1.165) is 9.51 Å². The third-order valence-electron chi connectivity index (χ3n) is 1.33. The van der Waals surface area contributed by atoms with Gasteiger partial charge < -0.3 is 0 Å². The number of hydrogen-bond donors (Lipinski definition) is 0. The van der Waals surface area contributed by atoms with Crippen molar-refractivity contribution in [2.24, 2.45) is 0 Å². The predicted octanol–water partition coefficient (Wildman–Crippen LogP) is 1.29. The molecule has 0 radical (unpaired) electrons. The molecule has 1 aromatic rings. The Morgan fingerprint density at radius 1 is 1.60 bits per heavy atom. The van der Waals surface area contributed by atoms with E-state index in [2.05, 4.69) is 42.6 Å². The van der Waals surface area contributed by atoms with E-state index in [1.54, 1.807) is 11.3 Å². The number of aromatic nitrogens is 1. The Labute approximate surface area is 74.4 Å². The first-order valence-corrected chi connectivity index (χ1v) is 4.85. The fraction of sp³-hybridized carbons (Fsp3) is 0.500. The van der Waals surface area contributed by atoms with Gasteiger partial charge in [0.15, 0.2) is 11.8 Å². The van der Waals surface area contributed by atoms with Crippen molar-refractivity contribution in [1.29, 1.82) is 0 Å². The summed E-state index contributed by atoms with van der Waals surface area (Å²) in [7, 11) is 2.05. The molecule has 1 nitrogen and oxygen atoms in total. The van der Waals surface area contributed by atoms with Gasteiger partial charge in [-0.05, 0) is 21.8 Å². The average molecular weight is 218 g/mol. The van der Waals surface area contributed by atoms with Crippen molar-refractivity contribution >= 4 is 40.7 Å². The van der Waals surface area contributed by atoms with Gasteiger partial charge in [-0.25, -0.2) is 4.98 Å². The maximum atomic E-state index is 4.27. The van der Waals surface area contributed by atoms with E-state index in [9.17, 15) is 0 Å². The summed E-state index contributed by atoms with van der Waals surface area (Å²) in [5.41, 5.74) is 1.16. The molecule has 0 saturated carbocycles. The van der Waals surface area contributed by atoms with E-state index in [1.165, 1.54) is 4.88 Å². The molecule has 1 rings (SSSR count). The Morgan fingerprint density at radius 2 is 2.20 bits per heavy atom. The topological polar surface area (TPSA) is 12.9 Å². The van der Waals surface area contributed by atoms with Gasteiger partial charge in [-0.1, -0.05) is 13.8 Å². The van der Waals surface area contributed by atoms with Gasteiger partial charge in [0.05, 0.1) is 0 Å². The highest BCUT2D eigenvalue weighted by Gasteiger charge is 2.07. The Morgan fingerprint density at radius 3 is 2.40 bits per heavy atom. The highest BCUT2D eigenvalue weighted by Crippen LogP contribution is 2.22. The normalized spacial score (nSPS) is 10.8. The summed E-state index contributed by atoms with van der Waals surface area (Å²) in [5, 5.41) is 0. The summed E-state index contributed by atoms with van der Waals surface area (Å²) in [6.07, 6.45) is 0. The minimum atomic E-state index is 0.601. The number of thiazole rings is 1. The van der Waals surface area contributed by atoms with Gasteiger partial charge in [0.25, 0.3) is 0 Å². The van der Waals surface area contributed by atoms with E-state index in [4.69, 9.17) is 0 Å². The quantitative estimate of drug-likeness (QED) is 0.647. The first-order valence-electron chi connectivity index (χ1n) is 3.24. The molecule has 0 aliphatic rings. The lowest BCUT2D eigenvalue weighted by atomic mass is 9.98. The highest BCUT2D eigenvalue weighted by molar-refractivity contribution is 9.11. The number of rotatable bonds is 1. The molecule has 0 atom stereocenters. The molecule has 4 heteroatoms. The molecule has 10 heavy (non-hydrogen) atoms. The molecule has 0 bridgehead atoms. The van der Waals surface area contributed by atoms with E-state index in [1.807, 2.05) is 0 Å². The van der Waals surface area contributed by atoms with Crippen molar-refractivity contribution < 1.29 is 0 Å². The first-order chi connectivity index (χ1) is 4.61. The fourth-order valence-electron chi connectivity index (χ4n) is 0.910.